The van der Waals surface area contributed by atoms with Crippen molar-refractivity contribution in [1.82, 2.24) is 31.1 Å². The predicted molar refractivity (Wildman–Crippen MR) is 93.8 cm³/mol. The summed E-state index contributed by atoms with van der Waals surface area (Å²) in [7, 11) is 0. The van der Waals surface area contributed by atoms with Gasteiger partial charge in [0.1, 0.15) is 0 Å². The van der Waals surface area contributed by atoms with Crippen LogP contribution in [-0.2, 0) is 25.6 Å². The van der Waals surface area contributed by atoms with E-state index < -0.39 is 11.8 Å². The SMILES string of the molecule is O=C(NNC(=S)N[S-])c1ccc(C(=O)NNC(=S)N[S-])cc1.[K+].[K+]. The molecule has 14 heteroatoms. The van der Waals surface area contributed by atoms with Crippen molar-refractivity contribution in [3.63, 3.8) is 0 Å². The monoisotopic (exact) mass is 452 g/mol. The standard InChI is InChI=1S/C10H10N6O2S4.2K/c17-7(11-13-9(19)15-21)5-1-2-6(4-3-5)8(18)12-14-10(20)16-22;;/h1-4H,(H6-2,11,12,13,14,15,16,17,18,19,20,21,22);;/q-2;2*+1. The summed E-state index contributed by atoms with van der Waals surface area (Å²) >= 11 is 18.4. The molecular formula is C10H10K2N6O2S4. The van der Waals surface area contributed by atoms with Gasteiger partial charge in [0.15, 0.2) is 10.2 Å². The molecule has 8 nitrogen and oxygen atoms in total. The van der Waals surface area contributed by atoms with E-state index in [4.69, 9.17) is 24.4 Å². The van der Waals surface area contributed by atoms with E-state index in [1.54, 1.807) is 0 Å². The molecule has 1 rings (SSSR count). The third-order valence-corrected chi connectivity index (χ3v) is 3.25. The molecule has 0 aliphatic carbocycles. The minimum atomic E-state index is -0.436. The quantitative estimate of drug-likeness (QED) is 0.112. The number of rotatable bonds is 2. The van der Waals surface area contributed by atoms with Gasteiger partial charge in [0.25, 0.3) is 11.8 Å². The van der Waals surface area contributed by atoms with Crippen LogP contribution in [0.1, 0.15) is 20.7 Å². The number of carbonyl (C=O) groups excluding carboxylic acids is 2. The third kappa shape index (κ3) is 10.6. The molecule has 24 heavy (non-hydrogen) atoms. The first-order valence-corrected chi connectivity index (χ1v) is 7.18. The fourth-order valence-corrected chi connectivity index (χ4v) is 1.40. The van der Waals surface area contributed by atoms with Crippen molar-refractivity contribution in [2.24, 2.45) is 0 Å². The maximum atomic E-state index is 11.8. The van der Waals surface area contributed by atoms with Crippen LogP contribution in [0.2, 0.25) is 0 Å². The van der Waals surface area contributed by atoms with Gasteiger partial charge in [-0.05, 0) is 48.7 Å². The number of hydrogen-bond donors (Lipinski definition) is 6. The number of nitrogens with one attached hydrogen (secondary N) is 6. The maximum absolute atomic E-state index is 11.8. The van der Waals surface area contributed by atoms with Crippen molar-refractivity contribution in [3.8, 4) is 0 Å². The normalized spacial score (nSPS) is 8.42. The van der Waals surface area contributed by atoms with Crippen LogP contribution in [0, 0.1) is 0 Å². The second-order valence-electron chi connectivity index (χ2n) is 3.60. The van der Waals surface area contributed by atoms with Gasteiger partial charge in [-0.1, -0.05) is 0 Å². The first kappa shape index (κ1) is 27.7. The topological polar surface area (TPSA) is 106 Å². The summed E-state index contributed by atoms with van der Waals surface area (Å²) < 4.78 is 4.46. The second kappa shape index (κ2) is 15.6. The molecule has 1 aromatic carbocycles. The van der Waals surface area contributed by atoms with Crippen LogP contribution in [0.4, 0.5) is 0 Å². The molecule has 0 spiro atoms. The third-order valence-electron chi connectivity index (χ3n) is 2.17. The van der Waals surface area contributed by atoms with Crippen molar-refractivity contribution in [2.45, 2.75) is 0 Å². The number of carbonyl (C=O) groups is 2. The summed E-state index contributed by atoms with van der Waals surface area (Å²) in [6.07, 6.45) is 0. The van der Waals surface area contributed by atoms with Crippen molar-refractivity contribution in [1.29, 1.82) is 0 Å². The van der Waals surface area contributed by atoms with Crippen LogP contribution in [0.5, 0.6) is 0 Å². The molecule has 1 aromatic rings. The van der Waals surface area contributed by atoms with Gasteiger partial charge < -0.3 is 35.1 Å². The van der Waals surface area contributed by atoms with Gasteiger partial charge in [-0.15, -0.1) is 0 Å². The zero-order valence-electron chi connectivity index (χ0n) is 12.8. The number of hydrazine groups is 2. The number of hydrogen-bond acceptors (Lipinski definition) is 6. The van der Waals surface area contributed by atoms with Crippen LogP contribution < -0.4 is 134 Å². The summed E-state index contributed by atoms with van der Waals surface area (Å²) in [6, 6.07) is 5.89. The van der Waals surface area contributed by atoms with Crippen molar-refractivity contribution in [3.05, 3.63) is 35.4 Å². The minimum Gasteiger partial charge on any atom is -0.668 e. The molecule has 0 heterocycles. The largest absolute Gasteiger partial charge is 1.00 e. The molecule has 0 saturated heterocycles. The van der Waals surface area contributed by atoms with Gasteiger partial charge >= 0.3 is 103 Å². The number of thiocarbonyl (C=S) groups is 2. The molecule has 0 fully saturated rings. The summed E-state index contributed by atoms with van der Waals surface area (Å²) in [4.78, 5) is 23.5. The van der Waals surface area contributed by atoms with Crippen LogP contribution in [0.25, 0.3) is 0 Å². The van der Waals surface area contributed by atoms with E-state index in [0.717, 1.165) is 0 Å². The van der Waals surface area contributed by atoms with Gasteiger partial charge in [0.2, 0.25) is 0 Å². The van der Waals surface area contributed by atoms with Crippen molar-refractivity contribution < 1.29 is 112 Å². The number of amides is 2. The fourth-order valence-electron chi connectivity index (χ4n) is 1.20. The van der Waals surface area contributed by atoms with Crippen LogP contribution >= 0.6 is 24.4 Å². The first-order chi connectivity index (χ1) is 10.5. The smallest absolute Gasteiger partial charge is 0.668 e. The van der Waals surface area contributed by atoms with Crippen molar-refractivity contribution >= 4 is 72.1 Å². The first-order valence-electron chi connectivity index (χ1n) is 5.55. The molecule has 0 aliphatic rings. The van der Waals surface area contributed by atoms with Crippen LogP contribution in [-0.4, -0.2) is 22.0 Å². The van der Waals surface area contributed by atoms with E-state index in [9.17, 15) is 9.59 Å². The second-order valence-corrected chi connectivity index (χ2v) is 4.82. The summed E-state index contributed by atoms with van der Waals surface area (Å²) in [5.41, 5.74) is 10.1. The Labute approximate surface area is 246 Å². The molecule has 2 amide bonds. The molecule has 0 aromatic heterocycles. The van der Waals surface area contributed by atoms with Gasteiger partial charge in [-0.3, -0.25) is 31.3 Å². The Bertz CT molecular complexity index is 538. The fraction of sp³-hybridized carbons (Fsp3) is 0. The summed E-state index contributed by atoms with van der Waals surface area (Å²) in [6.45, 7) is 0. The van der Waals surface area contributed by atoms with Crippen molar-refractivity contribution in [2.75, 3.05) is 0 Å². The van der Waals surface area contributed by atoms with Crippen LogP contribution in [0.15, 0.2) is 24.3 Å². The average molecular weight is 453 g/mol. The zero-order chi connectivity index (χ0) is 16.5. The molecular weight excluding hydrogens is 443 g/mol. The Hall–Kier alpha value is 1.51. The van der Waals surface area contributed by atoms with Crippen LogP contribution in [0.3, 0.4) is 0 Å². The van der Waals surface area contributed by atoms with E-state index in [2.05, 4.69) is 56.8 Å². The van der Waals surface area contributed by atoms with E-state index in [1.165, 1.54) is 24.3 Å². The predicted octanol–water partition coefficient (Wildman–Crippen LogP) is -7.16. The van der Waals surface area contributed by atoms with E-state index >= 15 is 0 Å². The van der Waals surface area contributed by atoms with Gasteiger partial charge in [-0.25, -0.2) is 0 Å². The molecule has 118 valence electrons. The Balaban J connectivity index is 0. The average Bonchev–Trinajstić information content (AvgIpc) is 2.56. The molecule has 6 N–H and O–H groups in total. The van der Waals surface area contributed by atoms with Gasteiger partial charge in [0, 0.05) is 11.1 Å². The van der Waals surface area contributed by atoms with E-state index in [1.807, 2.05) is 0 Å². The zero-order valence-corrected chi connectivity index (χ0v) is 22.3. The Morgan fingerprint density at radius 1 is 0.708 bits per heavy atom. The molecule has 0 atom stereocenters. The molecule has 0 unspecified atom stereocenters. The minimum absolute atomic E-state index is 0. The van der Waals surface area contributed by atoms with E-state index in [-0.39, 0.29) is 113 Å². The Morgan fingerprint density at radius 2 is 1.00 bits per heavy atom. The Kier molecular flexibility index (Phi) is 18.0. The molecule has 0 radical (unpaired) electrons. The van der Waals surface area contributed by atoms with Gasteiger partial charge in [-0.2, -0.15) is 0 Å². The van der Waals surface area contributed by atoms with E-state index in [0.29, 0.717) is 11.1 Å². The Morgan fingerprint density at radius 3 is 1.25 bits per heavy atom. The summed E-state index contributed by atoms with van der Waals surface area (Å²) in [5.74, 6) is -0.872. The molecule has 0 aliphatic heterocycles. The molecule has 0 bridgehead atoms. The number of benzene rings is 1. The maximum Gasteiger partial charge on any atom is 1.00 e. The summed E-state index contributed by atoms with van der Waals surface area (Å²) in [5, 5.41) is 0.188. The van der Waals surface area contributed by atoms with Gasteiger partial charge in [0.05, 0.1) is 0 Å². The molecule has 0 saturated carbocycles.